The molecule has 1 unspecified atom stereocenters. The van der Waals surface area contributed by atoms with E-state index in [2.05, 4.69) is 15.7 Å². The molecule has 0 radical (unpaired) electrons. The van der Waals surface area contributed by atoms with Crippen molar-refractivity contribution in [2.24, 2.45) is 0 Å². The second kappa shape index (κ2) is 9.10. The number of nitrogens with one attached hydrogen (secondary N) is 2. The largest absolute Gasteiger partial charge is 0.486 e. The molecule has 0 bridgehead atoms. The molecule has 11 nitrogen and oxygen atoms in total. The summed E-state index contributed by atoms with van der Waals surface area (Å²) in [6.45, 7) is 7.17. The number of ether oxygens (including phenoxy) is 1. The molecule has 1 aliphatic rings. The maximum Gasteiger partial charge on any atom is 0.409 e. The maximum atomic E-state index is 13.6. The number of rotatable bonds is 7. The number of aromatic nitrogens is 2. The second-order valence-corrected chi connectivity index (χ2v) is 10.5. The average Bonchev–Trinajstić information content (AvgIpc) is 3.07. The van der Waals surface area contributed by atoms with Gasteiger partial charge in [0.05, 0.1) is 12.2 Å². The van der Waals surface area contributed by atoms with E-state index in [1.807, 2.05) is 13.8 Å². The quantitative estimate of drug-likeness (QED) is 0.531. The highest BCUT2D eigenvalue weighted by molar-refractivity contribution is 7.93. The van der Waals surface area contributed by atoms with Crippen LogP contribution in [0.5, 0.6) is 5.75 Å². The zero-order valence-corrected chi connectivity index (χ0v) is 20.2. The first-order valence-corrected chi connectivity index (χ1v) is 12.0. The summed E-state index contributed by atoms with van der Waals surface area (Å²) in [5, 5.41) is 17.9. The number of amides is 2. The van der Waals surface area contributed by atoms with Crippen LogP contribution in [0, 0.1) is 0 Å². The monoisotopic (exact) mass is 499 g/mol. The lowest BCUT2D eigenvalue weighted by Crippen LogP contribution is -2.50. The van der Waals surface area contributed by atoms with Crippen molar-refractivity contribution in [2.75, 3.05) is 16.2 Å². The minimum Gasteiger partial charge on any atom is -0.486 e. The lowest BCUT2D eigenvalue weighted by molar-refractivity contribution is -0.120. The first kappa shape index (κ1) is 24.6. The smallest absolute Gasteiger partial charge is 0.409 e. The Morgan fingerprint density at radius 2 is 2.06 bits per heavy atom. The lowest BCUT2D eigenvalue weighted by atomic mass is 9.95. The van der Waals surface area contributed by atoms with Gasteiger partial charge in [0.1, 0.15) is 16.7 Å². The third kappa shape index (κ3) is 5.50. The van der Waals surface area contributed by atoms with E-state index in [0.717, 1.165) is 4.31 Å². The van der Waals surface area contributed by atoms with Crippen LogP contribution in [-0.4, -0.2) is 53.5 Å². The van der Waals surface area contributed by atoms with Crippen LogP contribution < -0.4 is 19.7 Å². The molecule has 0 saturated heterocycles. The van der Waals surface area contributed by atoms with E-state index < -0.39 is 27.8 Å². The molecule has 33 heavy (non-hydrogen) atoms. The summed E-state index contributed by atoms with van der Waals surface area (Å²) in [6.07, 6.45) is -0.229. The van der Waals surface area contributed by atoms with Gasteiger partial charge in [0, 0.05) is 37.3 Å². The minimum atomic E-state index is -4.18. The number of halogens is 1. The van der Waals surface area contributed by atoms with Gasteiger partial charge in [0.2, 0.25) is 5.91 Å². The number of carbonyl (C=O) groups excluding carboxylic acids is 1. The Morgan fingerprint density at radius 3 is 2.64 bits per heavy atom. The topological polar surface area (TPSA) is 143 Å². The summed E-state index contributed by atoms with van der Waals surface area (Å²) in [5.41, 5.74) is -0.327. The molecular weight excluding hydrogens is 474 g/mol. The number of sulfonamides is 1. The number of aryl methyl sites for hydroxylation is 1. The van der Waals surface area contributed by atoms with E-state index in [1.165, 1.54) is 36.0 Å². The number of nitrogens with zero attached hydrogens (tertiary/aromatic N) is 3. The number of benzene rings is 1. The van der Waals surface area contributed by atoms with Gasteiger partial charge in [-0.15, -0.1) is 0 Å². The number of fused-ring (bicyclic) bond motifs is 1. The Labute approximate surface area is 196 Å². The zero-order valence-electron chi connectivity index (χ0n) is 18.6. The SMILES string of the molecule is CCn1cc(S(=O)(=O)N2CC(CC(C)(C)NC(C)=O)Oc3ccc(NC(=O)O)cc32)c(Cl)n1. The Hall–Kier alpha value is -2.99. The predicted octanol–water partition coefficient (Wildman–Crippen LogP) is 2.91. The highest BCUT2D eigenvalue weighted by Crippen LogP contribution is 2.41. The van der Waals surface area contributed by atoms with Crippen molar-refractivity contribution in [1.82, 2.24) is 15.1 Å². The van der Waals surface area contributed by atoms with E-state index >= 15 is 0 Å². The Morgan fingerprint density at radius 1 is 1.36 bits per heavy atom. The molecule has 180 valence electrons. The van der Waals surface area contributed by atoms with Crippen molar-refractivity contribution < 1.29 is 27.9 Å². The number of anilines is 2. The van der Waals surface area contributed by atoms with Crippen LogP contribution >= 0.6 is 11.6 Å². The molecule has 1 atom stereocenters. The van der Waals surface area contributed by atoms with Crippen molar-refractivity contribution in [3.63, 3.8) is 0 Å². The van der Waals surface area contributed by atoms with Gasteiger partial charge in [0.15, 0.2) is 5.15 Å². The fraction of sp³-hybridized carbons (Fsp3) is 0.450. The number of carbonyl (C=O) groups is 2. The molecule has 0 aliphatic carbocycles. The van der Waals surface area contributed by atoms with Crippen molar-refractivity contribution in [2.45, 2.75) is 57.2 Å². The van der Waals surface area contributed by atoms with Gasteiger partial charge in [-0.2, -0.15) is 5.10 Å². The van der Waals surface area contributed by atoms with Crippen LogP contribution in [0.25, 0.3) is 0 Å². The van der Waals surface area contributed by atoms with Crippen LogP contribution in [0.1, 0.15) is 34.1 Å². The fourth-order valence-corrected chi connectivity index (χ4v) is 5.73. The van der Waals surface area contributed by atoms with E-state index in [0.29, 0.717) is 13.0 Å². The van der Waals surface area contributed by atoms with Crippen LogP contribution in [0.15, 0.2) is 29.3 Å². The molecule has 3 rings (SSSR count). The van der Waals surface area contributed by atoms with E-state index in [-0.39, 0.29) is 39.6 Å². The van der Waals surface area contributed by atoms with Crippen molar-refractivity contribution in [3.05, 3.63) is 29.5 Å². The molecule has 0 fully saturated rings. The standard InChI is InChI=1S/C20H26ClN5O6S/c1-5-25-11-17(18(21)24-25)33(30,31)26-10-14(9-20(3,4)23-12(2)27)32-16-7-6-13(8-15(16)26)22-19(28)29/h6-8,11,14,22H,5,9-10H2,1-4H3,(H,23,27)(H,28,29). The number of hydrogen-bond acceptors (Lipinski definition) is 6. The molecule has 2 amide bonds. The van der Waals surface area contributed by atoms with Gasteiger partial charge in [-0.05, 0) is 39.0 Å². The molecule has 3 N–H and O–H groups in total. The van der Waals surface area contributed by atoms with Gasteiger partial charge < -0.3 is 15.2 Å². The summed E-state index contributed by atoms with van der Waals surface area (Å²) < 4.78 is 35.9. The average molecular weight is 500 g/mol. The molecule has 0 spiro atoms. The highest BCUT2D eigenvalue weighted by Gasteiger charge is 2.39. The molecule has 2 aromatic rings. The van der Waals surface area contributed by atoms with Crippen LogP contribution in [0.2, 0.25) is 5.15 Å². The predicted molar refractivity (Wildman–Crippen MR) is 122 cm³/mol. The zero-order chi connectivity index (χ0) is 24.6. The van der Waals surface area contributed by atoms with Gasteiger partial charge in [-0.25, -0.2) is 13.2 Å². The first-order chi connectivity index (χ1) is 15.3. The van der Waals surface area contributed by atoms with Crippen LogP contribution in [0.3, 0.4) is 0 Å². The second-order valence-electron chi connectivity index (χ2n) is 8.30. The summed E-state index contributed by atoms with van der Waals surface area (Å²) >= 11 is 6.15. The normalized spacial score (nSPS) is 16.0. The number of carboxylic acid groups (broad SMARTS) is 1. The van der Waals surface area contributed by atoms with E-state index in [4.69, 9.17) is 21.4 Å². The van der Waals surface area contributed by atoms with E-state index in [1.54, 1.807) is 6.92 Å². The van der Waals surface area contributed by atoms with Crippen molar-refractivity contribution in [3.8, 4) is 5.75 Å². The Bertz CT molecular complexity index is 1180. The van der Waals surface area contributed by atoms with Crippen LogP contribution in [0.4, 0.5) is 16.2 Å². The summed E-state index contributed by atoms with van der Waals surface area (Å²) in [5.74, 6) is 0.0345. The summed E-state index contributed by atoms with van der Waals surface area (Å²) in [7, 11) is -4.18. The third-order valence-corrected chi connectivity index (χ3v) is 7.14. The molecular formula is C20H26ClN5O6S. The molecule has 1 aromatic heterocycles. The van der Waals surface area contributed by atoms with Crippen molar-refractivity contribution >= 4 is 45.0 Å². The fourth-order valence-electron chi connectivity index (χ4n) is 3.78. The first-order valence-electron chi connectivity index (χ1n) is 10.2. The van der Waals surface area contributed by atoms with Gasteiger partial charge in [0.25, 0.3) is 10.0 Å². The molecule has 2 heterocycles. The minimum absolute atomic E-state index is 0.0808. The lowest BCUT2D eigenvalue weighted by Gasteiger charge is -2.38. The third-order valence-electron chi connectivity index (χ3n) is 4.97. The molecule has 1 aliphatic heterocycles. The van der Waals surface area contributed by atoms with Gasteiger partial charge >= 0.3 is 6.09 Å². The number of hydrogen-bond donors (Lipinski definition) is 3. The Kier molecular flexibility index (Phi) is 6.80. The molecule has 1 aromatic carbocycles. The molecule has 0 saturated carbocycles. The maximum absolute atomic E-state index is 13.6. The van der Waals surface area contributed by atoms with Gasteiger partial charge in [-0.3, -0.25) is 19.1 Å². The van der Waals surface area contributed by atoms with Gasteiger partial charge in [-0.1, -0.05) is 11.6 Å². The van der Waals surface area contributed by atoms with Crippen molar-refractivity contribution in [1.29, 1.82) is 0 Å². The summed E-state index contributed by atoms with van der Waals surface area (Å²) in [6, 6.07) is 4.35. The summed E-state index contributed by atoms with van der Waals surface area (Å²) in [4.78, 5) is 22.5. The Balaban J connectivity index is 2.06. The molecule has 13 heteroatoms. The van der Waals surface area contributed by atoms with Crippen LogP contribution in [-0.2, 0) is 21.4 Å². The van der Waals surface area contributed by atoms with E-state index in [9.17, 15) is 18.0 Å². The highest BCUT2D eigenvalue weighted by atomic mass is 35.5.